The fraction of sp³-hybridized carbons (Fsp3) is 1.00. The van der Waals surface area contributed by atoms with E-state index in [9.17, 15) is 5.11 Å². The summed E-state index contributed by atoms with van der Waals surface area (Å²) in [5.41, 5.74) is 0. The van der Waals surface area contributed by atoms with Crippen LogP contribution in [0.1, 0.15) is 64.2 Å². The molecule has 1 atom stereocenters. The molecule has 2 aliphatic rings. The smallest absolute Gasteiger partial charge is 0.0633 e. The fourth-order valence-electron chi connectivity index (χ4n) is 3.18. The van der Waals surface area contributed by atoms with Crippen LogP contribution in [0.4, 0.5) is 0 Å². The highest BCUT2D eigenvalue weighted by molar-refractivity contribution is 7.99. The molecule has 94 valence electrons. The summed E-state index contributed by atoms with van der Waals surface area (Å²) in [5.74, 6) is 1.82. The molecule has 1 N–H and O–H groups in total. The lowest BCUT2D eigenvalue weighted by molar-refractivity contribution is 0.165. The van der Waals surface area contributed by atoms with Crippen molar-refractivity contribution in [1.82, 2.24) is 0 Å². The van der Waals surface area contributed by atoms with Gasteiger partial charge >= 0.3 is 0 Å². The lowest BCUT2D eigenvalue weighted by atomic mass is 10.0. The zero-order valence-electron chi connectivity index (χ0n) is 10.4. The average molecular weight is 242 g/mol. The lowest BCUT2D eigenvalue weighted by Crippen LogP contribution is -2.18. The first-order valence-corrected chi connectivity index (χ1v) is 8.19. The molecule has 2 heteroatoms. The Morgan fingerprint density at radius 3 is 2.25 bits per heavy atom. The van der Waals surface area contributed by atoms with E-state index in [1.807, 2.05) is 11.8 Å². The number of rotatable bonds is 5. The summed E-state index contributed by atoms with van der Waals surface area (Å²) in [5, 5.41) is 10.9. The number of aliphatic hydroxyl groups is 1. The number of hydrogen-bond acceptors (Lipinski definition) is 2. The molecular weight excluding hydrogens is 216 g/mol. The molecule has 0 saturated heterocycles. The summed E-state index contributed by atoms with van der Waals surface area (Å²) < 4.78 is 0. The Labute approximate surface area is 104 Å². The second-order valence-electron chi connectivity index (χ2n) is 5.63. The van der Waals surface area contributed by atoms with Crippen molar-refractivity contribution in [1.29, 1.82) is 0 Å². The average Bonchev–Trinajstić information content (AvgIpc) is 2.81. The number of thioether (sulfide) groups is 1. The van der Waals surface area contributed by atoms with Gasteiger partial charge in [0.15, 0.2) is 0 Å². The van der Waals surface area contributed by atoms with Crippen LogP contribution in [0.25, 0.3) is 0 Å². The number of aliphatic hydroxyl groups excluding tert-OH is 1. The van der Waals surface area contributed by atoms with Crippen LogP contribution in [0, 0.1) is 5.92 Å². The first-order chi connectivity index (χ1) is 7.84. The van der Waals surface area contributed by atoms with Gasteiger partial charge in [-0.05, 0) is 25.2 Å². The molecule has 2 fully saturated rings. The van der Waals surface area contributed by atoms with Crippen molar-refractivity contribution in [3.8, 4) is 0 Å². The third-order valence-electron chi connectivity index (χ3n) is 4.16. The maximum Gasteiger partial charge on any atom is 0.0633 e. The first-order valence-electron chi connectivity index (χ1n) is 7.14. The molecule has 2 aliphatic carbocycles. The van der Waals surface area contributed by atoms with Crippen LogP contribution in [-0.2, 0) is 0 Å². The summed E-state index contributed by atoms with van der Waals surface area (Å²) in [4.78, 5) is 0. The maximum atomic E-state index is 10.0. The summed E-state index contributed by atoms with van der Waals surface area (Å²) in [6.07, 6.45) is 13.6. The molecule has 1 unspecified atom stereocenters. The van der Waals surface area contributed by atoms with Crippen molar-refractivity contribution >= 4 is 11.8 Å². The Bertz CT molecular complexity index is 183. The molecule has 0 spiro atoms. The van der Waals surface area contributed by atoms with Crippen molar-refractivity contribution in [3.05, 3.63) is 0 Å². The Kier molecular flexibility index (Phi) is 5.51. The second-order valence-corrected chi connectivity index (χ2v) is 6.97. The highest BCUT2D eigenvalue weighted by atomic mass is 32.2. The molecule has 0 radical (unpaired) electrons. The van der Waals surface area contributed by atoms with Crippen molar-refractivity contribution in [2.24, 2.45) is 5.92 Å². The molecule has 0 aliphatic heterocycles. The highest BCUT2D eigenvalue weighted by Crippen LogP contribution is 2.32. The third kappa shape index (κ3) is 4.29. The van der Waals surface area contributed by atoms with E-state index in [4.69, 9.17) is 0 Å². The van der Waals surface area contributed by atoms with E-state index in [1.54, 1.807) is 0 Å². The fourth-order valence-corrected chi connectivity index (χ4v) is 4.47. The van der Waals surface area contributed by atoms with Gasteiger partial charge in [0.25, 0.3) is 0 Å². The highest BCUT2D eigenvalue weighted by Gasteiger charge is 2.20. The largest absolute Gasteiger partial charge is 0.392 e. The monoisotopic (exact) mass is 242 g/mol. The van der Waals surface area contributed by atoms with Crippen molar-refractivity contribution in [2.75, 3.05) is 5.75 Å². The topological polar surface area (TPSA) is 20.2 Å². The van der Waals surface area contributed by atoms with Crippen LogP contribution in [0.15, 0.2) is 0 Å². The molecule has 0 aromatic heterocycles. The van der Waals surface area contributed by atoms with E-state index in [0.29, 0.717) is 0 Å². The summed E-state index contributed by atoms with van der Waals surface area (Å²) >= 11 is 2.04. The molecule has 1 nitrogen and oxygen atoms in total. The zero-order chi connectivity index (χ0) is 11.2. The molecule has 0 bridgehead atoms. The van der Waals surface area contributed by atoms with Crippen LogP contribution in [-0.4, -0.2) is 22.2 Å². The SMILES string of the molecule is OC(CSC1CCCCC1)CC1CCCC1. The van der Waals surface area contributed by atoms with Crippen LogP contribution in [0.2, 0.25) is 0 Å². The Morgan fingerprint density at radius 1 is 0.938 bits per heavy atom. The van der Waals surface area contributed by atoms with Crippen molar-refractivity contribution in [2.45, 2.75) is 75.6 Å². The summed E-state index contributed by atoms with van der Waals surface area (Å²) in [6, 6.07) is 0. The van der Waals surface area contributed by atoms with Gasteiger partial charge in [0.05, 0.1) is 6.10 Å². The minimum absolute atomic E-state index is 0.0324. The van der Waals surface area contributed by atoms with Gasteiger partial charge in [0, 0.05) is 11.0 Å². The van der Waals surface area contributed by atoms with E-state index < -0.39 is 0 Å². The van der Waals surface area contributed by atoms with Gasteiger partial charge in [-0.3, -0.25) is 0 Å². The third-order valence-corrected chi connectivity index (χ3v) is 5.68. The molecule has 2 rings (SSSR count). The zero-order valence-corrected chi connectivity index (χ0v) is 11.2. The predicted octanol–water partition coefficient (Wildman–Crippen LogP) is 3.99. The Hall–Kier alpha value is 0.310. The van der Waals surface area contributed by atoms with Crippen molar-refractivity contribution < 1.29 is 5.11 Å². The maximum absolute atomic E-state index is 10.0. The minimum atomic E-state index is -0.0324. The van der Waals surface area contributed by atoms with Crippen LogP contribution < -0.4 is 0 Å². The standard InChI is InChI=1S/C14H26OS/c15-13(10-12-6-4-5-7-12)11-16-14-8-2-1-3-9-14/h12-15H,1-11H2. The van der Waals surface area contributed by atoms with Gasteiger partial charge < -0.3 is 5.11 Å². The van der Waals surface area contributed by atoms with E-state index in [1.165, 1.54) is 57.8 Å². The molecular formula is C14H26OS. The Balaban J connectivity index is 1.57. The van der Waals surface area contributed by atoms with E-state index in [0.717, 1.165) is 23.3 Å². The van der Waals surface area contributed by atoms with Crippen LogP contribution in [0.5, 0.6) is 0 Å². The van der Waals surface area contributed by atoms with Crippen LogP contribution >= 0.6 is 11.8 Å². The van der Waals surface area contributed by atoms with Gasteiger partial charge in [-0.1, -0.05) is 44.9 Å². The van der Waals surface area contributed by atoms with E-state index in [-0.39, 0.29) is 6.10 Å². The van der Waals surface area contributed by atoms with E-state index >= 15 is 0 Å². The van der Waals surface area contributed by atoms with Crippen molar-refractivity contribution in [3.63, 3.8) is 0 Å². The lowest BCUT2D eigenvalue weighted by Gasteiger charge is -2.23. The predicted molar refractivity (Wildman–Crippen MR) is 71.9 cm³/mol. The van der Waals surface area contributed by atoms with Gasteiger partial charge in [0.2, 0.25) is 0 Å². The molecule has 0 aromatic carbocycles. The molecule has 16 heavy (non-hydrogen) atoms. The minimum Gasteiger partial charge on any atom is -0.392 e. The Morgan fingerprint density at radius 2 is 1.56 bits per heavy atom. The van der Waals surface area contributed by atoms with E-state index in [2.05, 4.69) is 0 Å². The quantitative estimate of drug-likeness (QED) is 0.786. The molecule has 0 amide bonds. The first kappa shape index (κ1) is 12.8. The molecule has 0 heterocycles. The molecule has 0 aromatic rings. The van der Waals surface area contributed by atoms with Gasteiger partial charge in [-0.25, -0.2) is 0 Å². The molecule has 2 saturated carbocycles. The van der Waals surface area contributed by atoms with Gasteiger partial charge in [0.1, 0.15) is 0 Å². The second kappa shape index (κ2) is 6.90. The summed E-state index contributed by atoms with van der Waals surface area (Å²) in [7, 11) is 0. The van der Waals surface area contributed by atoms with Crippen LogP contribution in [0.3, 0.4) is 0 Å². The van der Waals surface area contributed by atoms with Gasteiger partial charge in [-0.15, -0.1) is 0 Å². The number of hydrogen-bond donors (Lipinski definition) is 1. The normalized spacial score (nSPS) is 26.1. The summed E-state index contributed by atoms with van der Waals surface area (Å²) in [6.45, 7) is 0. The van der Waals surface area contributed by atoms with Gasteiger partial charge in [-0.2, -0.15) is 11.8 Å².